The first-order chi connectivity index (χ1) is 41.3. The van der Waals surface area contributed by atoms with Crippen molar-refractivity contribution < 1.29 is 114 Å². The van der Waals surface area contributed by atoms with E-state index in [1.165, 1.54) is 0 Å². The van der Waals surface area contributed by atoms with Gasteiger partial charge >= 0.3 is 18.1 Å². The van der Waals surface area contributed by atoms with E-state index in [0.29, 0.717) is 51.3 Å². The maximum absolute atomic E-state index is 13.2. The first kappa shape index (κ1) is 67.6. The monoisotopic (exact) mass is 1260 g/mol. The third kappa shape index (κ3) is 17.5. The fraction of sp³-hybridized carbons (Fsp3) is 0.441. The molecule has 4 saturated heterocycles. The normalized spacial score (nSPS) is 24.0. The van der Waals surface area contributed by atoms with Gasteiger partial charge in [0, 0.05) is 11.1 Å². The highest BCUT2D eigenvalue weighted by molar-refractivity contribution is 6.40. The smallest absolute Gasteiger partial charge is 0.446 e. The van der Waals surface area contributed by atoms with Crippen molar-refractivity contribution in [3.05, 3.63) is 109 Å². The van der Waals surface area contributed by atoms with Crippen LogP contribution in [0.4, 0.5) is 13.2 Å². The van der Waals surface area contributed by atoms with Crippen molar-refractivity contribution in [1.29, 1.82) is 0 Å². The van der Waals surface area contributed by atoms with Crippen LogP contribution in [0.2, 0.25) is 0 Å². The highest BCUT2D eigenvalue weighted by atomic mass is 35.5. The summed E-state index contributed by atoms with van der Waals surface area (Å²) < 4.78 is 110. The zero-order valence-corrected chi connectivity index (χ0v) is 49.6. The van der Waals surface area contributed by atoms with Crippen molar-refractivity contribution >= 4 is 41.4 Å². The van der Waals surface area contributed by atoms with Gasteiger partial charge in [0.2, 0.25) is 6.29 Å². The average molecular weight is 1270 g/mol. The Labute approximate surface area is 506 Å². The second-order valence-corrected chi connectivity index (χ2v) is 21.1. The van der Waals surface area contributed by atoms with Crippen LogP contribution in [-0.2, 0) is 65.1 Å². The summed E-state index contributed by atoms with van der Waals surface area (Å²) in [6.45, 7) is 6.77. The van der Waals surface area contributed by atoms with Gasteiger partial charge in [-0.15, -0.1) is 23.2 Å². The number of carbonyl (C=O) groups excluding carboxylic acids is 3. The van der Waals surface area contributed by atoms with E-state index in [4.69, 9.17) is 93.9 Å². The molecule has 0 spiro atoms. The number of aromatic nitrogens is 2. The number of hydrogen-bond donors (Lipinski definition) is 4. The maximum atomic E-state index is 13.2. The third-order valence-corrected chi connectivity index (χ3v) is 13.5. The predicted octanol–water partition coefficient (Wildman–Crippen LogP) is 7.59. The van der Waals surface area contributed by atoms with E-state index in [9.17, 15) is 43.2 Å². The summed E-state index contributed by atoms with van der Waals surface area (Å²) in [6, 6.07) is 29.3. The SMILES string of the molecule is COc1ccc(-c2noc(CC(=O)OCC3OC(O)C(O)C(O)C3O)c2-c2ccc(OC)cc2)cc1.COc1ccc(-c2noc(CC(=O)OCC3OC4OC(C)(C)OC4C4OC(C)(C)OC34)c2-c2ccc(OC)cc2)cc1.ClCCl.O=CC(F)(F)F. The van der Waals surface area contributed by atoms with E-state index in [1.807, 2.05) is 100 Å². The van der Waals surface area contributed by atoms with Crippen LogP contribution in [0.1, 0.15) is 39.2 Å². The molecule has 4 aliphatic rings. The molecule has 23 nitrogen and oxygen atoms in total. The summed E-state index contributed by atoms with van der Waals surface area (Å²) in [5.74, 6) is 0.454. The number of fused-ring (bicyclic) bond motifs is 3. The number of aldehydes is 1. The summed E-state index contributed by atoms with van der Waals surface area (Å²) in [6.07, 6.45) is -16.7. The van der Waals surface area contributed by atoms with Gasteiger partial charge < -0.3 is 86.3 Å². The van der Waals surface area contributed by atoms with E-state index in [2.05, 4.69) is 10.3 Å². The van der Waals surface area contributed by atoms with Crippen LogP contribution < -0.4 is 18.9 Å². The Morgan fingerprint density at radius 2 is 0.897 bits per heavy atom. The van der Waals surface area contributed by atoms with Gasteiger partial charge in [-0.2, -0.15) is 13.2 Å². The van der Waals surface area contributed by atoms with Gasteiger partial charge in [0.25, 0.3) is 0 Å². The molecule has 0 radical (unpaired) electrons. The number of hydrogen-bond acceptors (Lipinski definition) is 23. The standard InChI is InChI=1S/C31H35NO10.C25H27NO10.C2HF3O.CH2Cl2/c1-30(2)38-26-22(37-29-28(27(26)39-30)40-31(3,4)41-29)16-36-23(33)15-21-24(17-7-11-19(34-5)12-8-17)25(32-42-21)18-9-13-20(35-6)14-10-18;1-32-15-7-3-13(4-8-15)20-17(36-26-21(20)14-5-9-16(33-2)10-6-14)11-19(27)34-12-18-22(28)23(29)24(30)25(31)35-18;3-2(4,5)1-6;2-1-3/h7-14,22,26-29H,15-16H2,1-6H3;3-10,18,22-25,28-31H,11-12H2,1-2H3;1H;1H2. The average Bonchev–Trinajstić information content (AvgIpc) is 1.64. The van der Waals surface area contributed by atoms with Crippen molar-refractivity contribution in [2.45, 2.75) is 120 Å². The second-order valence-electron chi connectivity index (χ2n) is 20.3. The van der Waals surface area contributed by atoms with Crippen LogP contribution >= 0.6 is 23.2 Å². The number of carbonyl (C=O) groups is 3. The van der Waals surface area contributed by atoms with Crippen LogP contribution in [0.5, 0.6) is 23.0 Å². The van der Waals surface area contributed by atoms with Gasteiger partial charge in [0.05, 0.1) is 44.9 Å². The Hall–Kier alpha value is -6.92. The van der Waals surface area contributed by atoms with Crippen molar-refractivity contribution in [3.8, 4) is 67.8 Å². The molecule has 10 unspecified atom stereocenters. The molecule has 4 aromatic carbocycles. The summed E-state index contributed by atoms with van der Waals surface area (Å²) in [4.78, 5) is 34.5. The van der Waals surface area contributed by atoms with E-state index >= 15 is 0 Å². The molecule has 10 rings (SSSR count). The Kier molecular flexibility index (Phi) is 23.2. The summed E-state index contributed by atoms with van der Waals surface area (Å²) in [5.41, 5.74) is 5.47. The maximum Gasteiger partial charge on any atom is 0.446 e. The Morgan fingerprint density at radius 3 is 1.29 bits per heavy atom. The minimum absolute atomic E-state index is 0.0657. The van der Waals surface area contributed by atoms with Crippen molar-refractivity contribution in [2.24, 2.45) is 0 Å². The number of esters is 2. The highest BCUT2D eigenvalue weighted by Gasteiger charge is 2.61. The van der Waals surface area contributed by atoms with Gasteiger partial charge in [0.1, 0.15) is 109 Å². The Morgan fingerprint density at radius 1 is 0.540 bits per heavy atom. The van der Waals surface area contributed by atoms with Gasteiger partial charge in [-0.1, -0.05) is 34.6 Å². The minimum atomic E-state index is -4.64. The van der Waals surface area contributed by atoms with Crippen LogP contribution in [0, 0.1) is 0 Å². The number of rotatable bonds is 16. The zero-order chi connectivity index (χ0) is 63.4. The molecule has 87 heavy (non-hydrogen) atoms. The fourth-order valence-corrected chi connectivity index (χ4v) is 9.50. The number of aliphatic hydroxyl groups is 4. The molecule has 4 aliphatic heterocycles. The summed E-state index contributed by atoms with van der Waals surface area (Å²) in [7, 11) is 6.34. The molecule has 2 aromatic heterocycles. The lowest BCUT2D eigenvalue weighted by Crippen LogP contribution is -2.58. The number of aliphatic hydroxyl groups excluding tert-OH is 4. The molecular weight excluding hydrogens is 1200 g/mol. The number of methoxy groups -OCH3 is 4. The molecule has 0 bridgehead atoms. The van der Waals surface area contributed by atoms with Crippen LogP contribution in [0.3, 0.4) is 0 Å². The lowest BCUT2D eigenvalue weighted by molar-refractivity contribution is -0.287. The van der Waals surface area contributed by atoms with Crippen LogP contribution in [0.25, 0.3) is 44.8 Å². The quantitative estimate of drug-likeness (QED) is 0.0412. The number of nitrogens with zero attached hydrogens (tertiary/aromatic N) is 2. The molecule has 4 N–H and O–H groups in total. The van der Waals surface area contributed by atoms with Crippen LogP contribution in [-0.4, -0.2) is 175 Å². The van der Waals surface area contributed by atoms with Crippen molar-refractivity contribution in [1.82, 2.24) is 10.3 Å². The molecule has 0 aliphatic carbocycles. The molecule has 0 saturated carbocycles. The van der Waals surface area contributed by atoms with Crippen LogP contribution in [0.15, 0.2) is 106 Å². The third-order valence-electron chi connectivity index (χ3n) is 13.5. The van der Waals surface area contributed by atoms with E-state index in [0.717, 1.165) is 22.3 Å². The molecule has 28 heteroatoms. The Balaban J connectivity index is 0.000000220. The minimum Gasteiger partial charge on any atom is -0.497 e. The summed E-state index contributed by atoms with van der Waals surface area (Å²) >= 11 is 9.53. The second kappa shape index (κ2) is 29.9. The number of alkyl halides is 5. The van der Waals surface area contributed by atoms with Gasteiger partial charge in [0.15, 0.2) is 35.7 Å². The van der Waals surface area contributed by atoms with E-state index in [-0.39, 0.29) is 30.5 Å². The lowest BCUT2D eigenvalue weighted by Gasteiger charge is -2.37. The number of ether oxygens (including phenoxy) is 12. The van der Waals surface area contributed by atoms with E-state index < -0.39 is 104 Å². The largest absolute Gasteiger partial charge is 0.497 e. The number of halogens is 5. The molecule has 6 heterocycles. The first-order valence-electron chi connectivity index (χ1n) is 26.6. The van der Waals surface area contributed by atoms with Gasteiger partial charge in [-0.3, -0.25) is 14.4 Å². The molecular formula is C59H65Cl2F3N2O21. The van der Waals surface area contributed by atoms with E-state index in [1.54, 1.807) is 52.7 Å². The first-order valence-corrected chi connectivity index (χ1v) is 27.7. The zero-order valence-electron chi connectivity index (χ0n) is 48.1. The van der Waals surface area contributed by atoms with Gasteiger partial charge in [-0.25, -0.2) is 0 Å². The Bertz CT molecular complexity index is 3180. The predicted molar refractivity (Wildman–Crippen MR) is 300 cm³/mol. The van der Waals surface area contributed by atoms with Gasteiger partial charge in [-0.05, 0) is 112 Å². The fourth-order valence-electron chi connectivity index (χ4n) is 9.50. The molecule has 4 fully saturated rings. The lowest BCUT2D eigenvalue weighted by atomic mass is 9.98. The summed E-state index contributed by atoms with van der Waals surface area (Å²) in [5, 5.41) is 47.8. The molecule has 0 amide bonds. The van der Waals surface area contributed by atoms with Crippen molar-refractivity contribution in [2.75, 3.05) is 47.0 Å². The molecule has 6 aromatic rings. The molecule has 10 atom stereocenters. The highest BCUT2D eigenvalue weighted by Crippen LogP contribution is 2.45. The number of benzene rings is 4. The van der Waals surface area contributed by atoms with Crippen molar-refractivity contribution in [3.63, 3.8) is 0 Å². The molecule has 472 valence electrons. The topological polar surface area (TPSA) is 295 Å².